The van der Waals surface area contributed by atoms with Crippen LogP contribution in [0.1, 0.15) is 96.5 Å². The maximum atomic E-state index is 15.1. The Morgan fingerprint density at radius 2 is 1.82 bits per heavy atom. The number of fused-ring (bicyclic) bond motifs is 3. The van der Waals surface area contributed by atoms with Gasteiger partial charge in [0.15, 0.2) is 0 Å². The molecular weight excluding hydrogens is 779 g/mol. The van der Waals surface area contributed by atoms with Crippen molar-refractivity contribution in [3.63, 3.8) is 0 Å². The second-order valence-corrected chi connectivity index (χ2v) is 20.3. The van der Waals surface area contributed by atoms with Crippen LogP contribution >= 0.6 is 0 Å². The molecule has 3 amide bonds. The summed E-state index contributed by atoms with van der Waals surface area (Å²) in [7, 11) is -2.22. The number of aromatic nitrogens is 1. The van der Waals surface area contributed by atoms with Crippen molar-refractivity contribution in [1.29, 1.82) is 0 Å². The van der Waals surface area contributed by atoms with E-state index in [2.05, 4.69) is 47.9 Å². The smallest absolute Gasteiger partial charge is 0.259 e. The highest BCUT2D eigenvalue weighted by Gasteiger charge is 2.62. The number of nitrogens with zero attached hydrogens (tertiary/aromatic N) is 2. The van der Waals surface area contributed by atoms with Crippen LogP contribution < -0.4 is 24.8 Å². The molecule has 0 spiro atoms. The number of hydrogen-bond acceptors (Lipinski definition) is 9. The van der Waals surface area contributed by atoms with E-state index in [0.717, 1.165) is 67.9 Å². The van der Waals surface area contributed by atoms with Crippen LogP contribution in [0.4, 0.5) is 0 Å². The van der Waals surface area contributed by atoms with Crippen LogP contribution in [-0.4, -0.2) is 85.2 Å². The highest BCUT2D eigenvalue weighted by molar-refractivity contribution is 7.91. The number of allylic oxidation sites excluding steroid dienone is 1. The molecule has 3 aromatic rings. The fraction of sp³-hybridized carbons (Fsp3) is 0.532. The van der Waals surface area contributed by atoms with Gasteiger partial charge in [0.1, 0.15) is 29.2 Å². The summed E-state index contributed by atoms with van der Waals surface area (Å²) >= 11 is 0. The van der Waals surface area contributed by atoms with Crippen LogP contribution in [-0.2, 0) is 24.4 Å². The lowest BCUT2D eigenvalue weighted by Gasteiger charge is -2.35. The van der Waals surface area contributed by atoms with Gasteiger partial charge in [-0.1, -0.05) is 81.7 Å². The lowest BCUT2D eigenvalue weighted by molar-refractivity contribution is -0.142. The summed E-state index contributed by atoms with van der Waals surface area (Å²) in [5.41, 5.74) is 1.67. The van der Waals surface area contributed by atoms with Gasteiger partial charge in [0.25, 0.3) is 5.91 Å². The monoisotopic (exact) mass is 837 g/mol. The Morgan fingerprint density at radius 1 is 1.05 bits per heavy atom. The number of carbonyl (C=O) groups is 3. The van der Waals surface area contributed by atoms with Crippen LogP contribution in [0, 0.1) is 17.3 Å². The summed E-state index contributed by atoms with van der Waals surface area (Å²) in [4.78, 5) is 50.2. The average molecular weight is 838 g/mol. The van der Waals surface area contributed by atoms with Crippen molar-refractivity contribution in [3.8, 4) is 22.8 Å². The number of sulfonamides is 1. The minimum Gasteiger partial charge on any atom is -0.496 e. The number of ether oxygens (including phenoxy) is 2. The fourth-order valence-corrected chi connectivity index (χ4v) is 10.9. The second kappa shape index (κ2) is 17.0. The highest BCUT2D eigenvalue weighted by Crippen LogP contribution is 2.46. The molecule has 12 nitrogen and oxygen atoms in total. The van der Waals surface area contributed by atoms with Gasteiger partial charge < -0.3 is 25.0 Å². The van der Waals surface area contributed by atoms with Gasteiger partial charge in [-0.2, -0.15) is 0 Å². The van der Waals surface area contributed by atoms with Crippen molar-refractivity contribution in [2.45, 2.75) is 120 Å². The zero-order valence-electron chi connectivity index (χ0n) is 35.1. The van der Waals surface area contributed by atoms with Crippen molar-refractivity contribution in [2.24, 2.45) is 17.3 Å². The van der Waals surface area contributed by atoms with E-state index < -0.39 is 56.7 Å². The largest absolute Gasteiger partial charge is 0.496 e. The molecule has 3 saturated carbocycles. The van der Waals surface area contributed by atoms with E-state index in [1.165, 1.54) is 0 Å². The zero-order chi connectivity index (χ0) is 42.2. The summed E-state index contributed by atoms with van der Waals surface area (Å²) in [6, 6.07) is 14.2. The van der Waals surface area contributed by atoms with Crippen molar-refractivity contribution in [3.05, 3.63) is 72.8 Å². The number of methoxy groups -OCH3 is 1. The van der Waals surface area contributed by atoms with Gasteiger partial charge in [0, 0.05) is 41.0 Å². The molecular formula is C47H59N5O7S. The van der Waals surface area contributed by atoms with Gasteiger partial charge in [0.05, 0.1) is 36.2 Å². The van der Waals surface area contributed by atoms with Gasteiger partial charge in [-0.25, -0.2) is 13.4 Å². The number of carbonyl (C=O) groups excluding carboxylic acids is 3. The Hall–Kier alpha value is -4.75. The summed E-state index contributed by atoms with van der Waals surface area (Å²) in [6.45, 7) is 9.18. The quantitative estimate of drug-likeness (QED) is 0.200. The molecule has 1 saturated heterocycles. The number of rotatable bonds is 9. The van der Waals surface area contributed by atoms with Crippen molar-refractivity contribution in [1.82, 2.24) is 25.2 Å². The summed E-state index contributed by atoms with van der Waals surface area (Å²) in [5, 5.41) is 6.79. The van der Waals surface area contributed by atoms with E-state index in [-0.39, 0.29) is 36.6 Å². The van der Waals surface area contributed by atoms with E-state index in [1.54, 1.807) is 18.1 Å². The molecule has 60 heavy (non-hydrogen) atoms. The minimum atomic E-state index is -3.87. The number of hydrogen-bond donors (Lipinski definition) is 3. The third-order valence-corrected chi connectivity index (χ3v) is 15.2. The van der Waals surface area contributed by atoms with Crippen LogP contribution in [0.5, 0.6) is 11.5 Å². The predicted molar refractivity (Wildman–Crippen MR) is 233 cm³/mol. The van der Waals surface area contributed by atoms with E-state index in [0.29, 0.717) is 42.1 Å². The summed E-state index contributed by atoms with van der Waals surface area (Å²) in [5.74, 6) is -0.544. The molecule has 320 valence electrons. The Bertz CT molecular complexity index is 2270. The molecule has 3 N–H and O–H groups in total. The first kappa shape index (κ1) is 42.0. The zero-order valence-corrected chi connectivity index (χ0v) is 35.9. The maximum absolute atomic E-state index is 15.1. The molecule has 0 radical (unpaired) electrons. The lowest BCUT2D eigenvalue weighted by Crippen LogP contribution is -2.59. The van der Waals surface area contributed by atoms with Gasteiger partial charge in [0.2, 0.25) is 21.8 Å². The standard InChI is InChI=1S/C47H59N5O7S/c1-5-33-28-47(33,45(55)51-60(56,57)35-19-20-35)50-43(53)39-25-34-29-52(39)44(54)42(31-16-10-7-11-17-31)48-23-13-22-46(2,3)21-12-18-32-24-36-38(27-40(32)58-4)49-37(26-41(36)59-34)30-14-8-6-9-15-30/h5-6,8-9,12,14-15,18,24,26-27,31,33-35,39,42,48H,1,7,10-11,13,16-17,19-23,25,28-29H2,2-4H3,(H,50,53)(H,51,55)/t33-,34-,39+,42+,47-/m1/s1. The molecule has 4 bridgehead atoms. The SMILES string of the molecule is C=C[C@@H]1C[C@]1(NC(=O)[C@@H]1C[C@@H]2CN1C(=O)[C@H](C1CCCCC1)NCCCC(C)(C)CC=Cc1cc3c(cc(-c4ccccc4)nc3cc1OC)O2)C(=O)NS(=O)(=O)C1CC1. The molecule has 2 aliphatic heterocycles. The molecule has 4 fully saturated rings. The molecule has 1 aromatic heterocycles. The number of benzene rings is 2. The number of amides is 3. The van der Waals surface area contributed by atoms with Gasteiger partial charge in [-0.05, 0) is 75.3 Å². The fourth-order valence-electron chi connectivity index (χ4n) is 9.51. The van der Waals surface area contributed by atoms with Crippen molar-refractivity contribution < 1.29 is 32.3 Å². The highest BCUT2D eigenvalue weighted by atomic mass is 32.2. The van der Waals surface area contributed by atoms with Crippen molar-refractivity contribution in [2.75, 3.05) is 20.2 Å². The normalized spacial score (nSPS) is 27.4. The number of pyridine rings is 1. The van der Waals surface area contributed by atoms with Crippen LogP contribution in [0.15, 0.2) is 67.3 Å². The minimum absolute atomic E-state index is 0.00381. The topological polar surface area (TPSA) is 156 Å². The van der Waals surface area contributed by atoms with Gasteiger partial charge in [-0.15, -0.1) is 6.58 Å². The molecule has 3 aliphatic carbocycles. The Balaban J connectivity index is 1.18. The van der Waals surface area contributed by atoms with Crippen LogP contribution in [0.25, 0.3) is 28.2 Å². The second-order valence-electron chi connectivity index (χ2n) is 18.4. The molecule has 5 atom stereocenters. The molecule has 5 aliphatic rings. The Kier molecular flexibility index (Phi) is 11.9. The molecule has 0 unspecified atom stereocenters. The van der Waals surface area contributed by atoms with Crippen molar-refractivity contribution >= 4 is 44.7 Å². The predicted octanol–water partition coefficient (Wildman–Crippen LogP) is 6.69. The van der Waals surface area contributed by atoms with Crippen LogP contribution in [0.3, 0.4) is 0 Å². The first-order valence-electron chi connectivity index (χ1n) is 21.8. The summed E-state index contributed by atoms with van der Waals surface area (Å²) in [6.07, 6.45) is 14.3. The first-order chi connectivity index (χ1) is 28.8. The van der Waals surface area contributed by atoms with E-state index in [4.69, 9.17) is 14.5 Å². The van der Waals surface area contributed by atoms with E-state index in [1.807, 2.05) is 48.5 Å². The van der Waals surface area contributed by atoms with E-state index in [9.17, 15) is 18.0 Å². The first-order valence-corrected chi connectivity index (χ1v) is 23.3. The maximum Gasteiger partial charge on any atom is 0.259 e. The van der Waals surface area contributed by atoms with E-state index >= 15 is 4.79 Å². The molecule has 8 rings (SSSR count). The third kappa shape index (κ3) is 8.84. The van der Waals surface area contributed by atoms with Gasteiger partial charge >= 0.3 is 0 Å². The lowest BCUT2D eigenvalue weighted by atomic mass is 9.82. The summed E-state index contributed by atoms with van der Waals surface area (Å²) < 4.78 is 40.9. The molecule has 13 heteroatoms. The Labute approximate surface area is 354 Å². The molecule has 3 heterocycles. The van der Waals surface area contributed by atoms with Crippen LogP contribution in [0.2, 0.25) is 0 Å². The Morgan fingerprint density at radius 3 is 2.52 bits per heavy atom. The third-order valence-electron chi connectivity index (χ3n) is 13.3. The average Bonchev–Trinajstić information content (AvgIpc) is 4.17. The van der Waals surface area contributed by atoms with Gasteiger partial charge in [-0.3, -0.25) is 19.1 Å². The number of nitrogens with one attached hydrogen (secondary N) is 3. The molecule has 2 aromatic carbocycles.